The lowest BCUT2D eigenvalue weighted by atomic mass is 9.88. The molecule has 6 heteroatoms. The van der Waals surface area contributed by atoms with Crippen LogP contribution in [0.15, 0.2) is 0 Å². The SMILES string of the molecule is COC(=O)C(NC(C)=O)C1(S)CCN(C)CC1. The molecule has 1 unspecified atom stereocenters. The van der Waals surface area contributed by atoms with E-state index < -0.39 is 16.8 Å². The van der Waals surface area contributed by atoms with Gasteiger partial charge in [-0.2, -0.15) is 12.6 Å². The molecule has 1 fully saturated rings. The van der Waals surface area contributed by atoms with Crippen molar-refractivity contribution in [1.82, 2.24) is 10.2 Å². The molecule has 5 nitrogen and oxygen atoms in total. The van der Waals surface area contributed by atoms with Gasteiger partial charge in [-0.05, 0) is 33.0 Å². The quantitative estimate of drug-likeness (QED) is 0.556. The van der Waals surface area contributed by atoms with E-state index in [1.165, 1.54) is 14.0 Å². The molecule has 0 radical (unpaired) electrons. The largest absolute Gasteiger partial charge is 0.467 e. The zero-order chi connectivity index (χ0) is 13.1. The summed E-state index contributed by atoms with van der Waals surface area (Å²) in [5, 5.41) is 2.65. The number of nitrogens with one attached hydrogen (secondary N) is 1. The molecule has 1 N–H and O–H groups in total. The van der Waals surface area contributed by atoms with E-state index in [2.05, 4.69) is 22.8 Å². The Morgan fingerprint density at radius 2 is 1.94 bits per heavy atom. The molecule has 17 heavy (non-hydrogen) atoms. The third-order valence-corrected chi connectivity index (χ3v) is 3.88. The Kier molecular flexibility index (Phi) is 4.82. The second-order valence-electron chi connectivity index (χ2n) is 4.56. The third kappa shape index (κ3) is 3.61. The van der Waals surface area contributed by atoms with Gasteiger partial charge >= 0.3 is 5.97 Å². The molecule has 1 amide bonds. The normalized spacial score (nSPS) is 21.6. The Labute approximate surface area is 107 Å². The maximum absolute atomic E-state index is 11.7. The number of rotatable bonds is 3. The predicted molar refractivity (Wildman–Crippen MR) is 68.1 cm³/mol. The van der Waals surface area contributed by atoms with Gasteiger partial charge in [-0.3, -0.25) is 4.79 Å². The first-order chi connectivity index (χ1) is 7.89. The van der Waals surface area contributed by atoms with Gasteiger partial charge in [0, 0.05) is 11.7 Å². The van der Waals surface area contributed by atoms with Gasteiger partial charge in [0.05, 0.1) is 7.11 Å². The maximum atomic E-state index is 11.7. The average Bonchev–Trinajstić information content (AvgIpc) is 2.29. The molecule has 0 aromatic carbocycles. The molecule has 1 aliphatic heterocycles. The molecule has 1 heterocycles. The highest BCUT2D eigenvalue weighted by atomic mass is 32.1. The number of thiol groups is 1. The average molecular weight is 260 g/mol. The Balaban J connectivity index is 2.81. The van der Waals surface area contributed by atoms with Crippen molar-refractivity contribution in [2.24, 2.45) is 0 Å². The number of hydrogen-bond acceptors (Lipinski definition) is 5. The molecule has 98 valence electrons. The van der Waals surface area contributed by atoms with Crippen molar-refractivity contribution in [2.75, 3.05) is 27.2 Å². The van der Waals surface area contributed by atoms with E-state index in [-0.39, 0.29) is 5.91 Å². The Bertz CT molecular complexity index is 301. The highest BCUT2D eigenvalue weighted by molar-refractivity contribution is 7.82. The smallest absolute Gasteiger partial charge is 0.329 e. The van der Waals surface area contributed by atoms with Gasteiger partial charge in [0.25, 0.3) is 0 Å². The molecule has 1 saturated heterocycles. The van der Waals surface area contributed by atoms with Crippen molar-refractivity contribution in [2.45, 2.75) is 30.6 Å². The minimum Gasteiger partial charge on any atom is -0.467 e. The Hall–Kier alpha value is -0.750. The van der Waals surface area contributed by atoms with Crippen LogP contribution < -0.4 is 5.32 Å². The monoisotopic (exact) mass is 260 g/mol. The summed E-state index contributed by atoms with van der Waals surface area (Å²) in [7, 11) is 3.35. The summed E-state index contributed by atoms with van der Waals surface area (Å²) in [6, 6.07) is -0.679. The van der Waals surface area contributed by atoms with Crippen molar-refractivity contribution in [3.05, 3.63) is 0 Å². The first-order valence-electron chi connectivity index (χ1n) is 5.65. The predicted octanol–water partition coefficient (Wildman–Crippen LogP) is 0.0583. The lowest BCUT2D eigenvalue weighted by Gasteiger charge is -2.41. The minimum absolute atomic E-state index is 0.243. The number of amides is 1. The third-order valence-electron chi connectivity index (χ3n) is 3.17. The minimum atomic E-state index is -0.679. The molecule has 1 aliphatic rings. The lowest BCUT2D eigenvalue weighted by molar-refractivity contribution is -0.146. The summed E-state index contributed by atoms with van der Waals surface area (Å²) in [6.07, 6.45) is 1.49. The first-order valence-corrected chi connectivity index (χ1v) is 6.09. The fourth-order valence-electron chi connectivity index (χ4n) is 2.03. The summed E-state index contributed by atoms with van der Waals surface area (Å²) in [5.41, 5.74) is 0. The van der Waals surface area contributed by atoms with E-state index in [0.717, 1.165) is 25.9 Å². The molecule has 0 aromatic heterocycles. The van der Waals surface area contributed by atoms with E-state index in [1.54, 1.807) is 0 Å². The first kappa shape index (κ1) is 14.3. The van der Waals surface area contributed by atoms with Crippen molar-refractivity contribution < 1.29 is 14.3 Å². The van der Waals surface area contributed by atoms with Crippen LogP contribution in [-0.2, 0) is 14.3 Å². The van der Waals surface area contributed by atoms with Crippen LogP contribution in [0.4, 0.5) is 0 Å². The Morgan fingerprint density at radius 1 is 1.41 bits per heavy atom. The molecule has 0 aliphatic carbocycles. The second kappa shape index (κ2) is 5.73. The Morgan fingerprint density at radius 3 is 2.35 bits per heavy atom. The molecular weight excluding hydrogens is 240 g/mol. The van der Waals surface area contributed by atoms with Gasteiger partial charge in [0.2, 0.25) is 5.91 Å². The number of hydrogen-bond donors (Lipinski definition) is 2. The number of ether oxygens (including phenoxy) is 1. The topological polar surface area (TPSA) is 58.6 Å². The molecule has 0 bridgehead atoms. The van der Waals surface area contributed by atoms with Crippen LogP contribution in [0.25, 0.3) is 0 Å². The molecule has 0 saturated carbocycles. The fraction of sp³-hybridized carbons (Fsp3) is 0.818. The van der Waals surface area contributed by atoms with Gasteiger partial charge in [0.15, 0.2) is 0 Å². The van der Waals surface area contributed by atoms with Gasteiger partial charge in [-0.25, -0.2) is 4.79 Å². The van der Waals surface area contributed by atoms with E-state index in [0.29, 0.717) is 0 Å². The van der Waals surface area contributed by atoms with Crippen LogP contribution in [0.1, 0.15) is 19.8 Å². The van der Waals surface area contributed by atoms with E-state index in [9.17, 15) is 9.59 Å². The van der Waals surface area contributed by atoms with Gasteiger partial charge in [-0.15, -0.1) is 0 Å². The number of likely N-dealkylation sites (tertiary alicyclic amines) is 1. The number of carbonyl (C=O) groups excluding carboxylic acids is 2. The maximum Gasteiger partial charge on any atom is 0.329 e. The molecule has 0 spiro atoms. The van der Waals surface area contributed by atoms with E-state index in [4.69, 9.17) is 4.74 Å². The van der Waals surface area contributed by atoms with Crippen LogP contribution in [0.5, 0.6) is 0 Å². The summed E-state index contributed by atoms with van der Waals surface area (Å²) in [5.74, 6) is -0.674. The molecule has 1 atom stereocenters. The highest BCUT2D eigenvalue weighted by Crippen LogP contribution is 2.32. The zero-order valence-corrected chi connectivity index (χ0v) is 11.4. The van der Waals surface area contributed by atoms with E-state index >= 15 is 0 Å². The number of nitrogens with zero attached hydrogens (tertiary/aromatic N) is 1. The molecule has 0 aromatic rings. The highest BCUT2D eigenvalue weighted by Gasteiger charge is 2.43. The van der Waals surface area contributed by atoms with Gasteiger partial charge in [-0.1, -0.05) is 0 Å². The van der Waals surface area contributed by atoms with Crippen LogP contribution in [-0.4, -0.2) is 54.8 Å². The van der Waals surface area contributed by atoms with Gasteiger partial charge in [0.1, 0.15) is 6.04 Å². The fourth-order valence-corrected chi connectivity index (χ4v) is 2.40. The summed E-state index contributed by atoms with van der Waals surface area (Å²) in [4.78, 5) is 25.1. The van der Waals surface area contributed by atoms with Crippen molar-refractivity contribution in [1.29, 1.82) is 0 Å². The molecular formula is C11H20N2O3S. The van der Waals surface area contributed by atoms with Crippen molar-refractivity contribution in [3.8, 4) is 0 Å². The molecule has 1 rings (SSSR count). The second-order valence-corrected chi connectivity index (χ2v) is 5.45. The number of piperidine rings is 1. The van der Waals surface area contributed by atoms with Crippen LogP contribution in [0.2, 0.25) is 0 Å². The summed E-state index contributed by atoms with van der Waals surface area (Å²) in [6.45, 7) is 3.11. The van der Waals surface area contributed by atoms with Crippen molar-refractivity contribution >= 4 is 24.5 Å². The van der Waals surface area contributed by atoms with Crippen LogP contribution >= 0.6 is 12.6 Å². The standard InChI is InChI=1S/C11H20N2O3S/c1-8(14)12-9(10(15)16-3)11(17)4-6-13(2)7-5-11/h9,17H,4-7H2,1-3H3,(H,12,14). The van der Waals surface area contributed by atoms with Gasteiger partial charge < -0.3 is 15.0 Å². The summed E-state index contributed by atoms with van der Waals surface area (Å²) >= 11 is 4.61. The number of methoxy groups -OCH3 is 1. The van der Waals surface area contributed by atoms with Crippen molar-refractivity contribution in [3.63, 3.8) is 0 Å². The van der Waals surface area contributed by atoms with Crippen LogP contribution in [0, 0.1) is 0 Å². The number of carbonyl (C=O) groups is 2. The number of esters is 1. The van der Waals surface area contributed by atoms with Crippen LogP contribution in [0.3, 0.4) is 0 Å². The zero-order valence-electron chi connectivity index (χ0n) is 10.5. The summed E-state index contributed by atoms with van der Waals surface area (Å²) < 4.78 is 4.22. The lowest BCUT2D eigenvalue weighted by Crippen LogP contribution is -2.57. The van der Waals surface area contributed by atoms with E-state index in [1.807, 2.05) is 7.05 Å².